The minimum absolute atomic E-state index is 0.0215. The van der Waals surface area contributed by atoms with E-state index in [1.54, 1.807) is 6.92 Å². The molecule has 1 spiro atoms. The van der Waals surface area contributed by atoms with Crippen molar-refractivity contribution in [3.63, 3.8) is 0 Å². The van der Waals surface area contributed by atoms with E-state index in [-0.39, 0.29) is 22.9 Å². The SMILES string of the molecule is CC(=O)C1(C)CC2(CCN(C)CC2)OC1C. The Morgan fingerprint density at radius 3 is 2.38 bits per heavy atom. The molecule has 0 radical (unpaired) electrons. The molecule has 0 amide bonds. The molecule has 3 nitrogen and oxygen atoms in total. The molecule has 2 atom stereocenters. The lowest BCUT2D eigenvalue weighted by molar-refractivity contribution is -0.128. The van der Waals surface area contributed by atoms with Crippen molar-refractivity contribution in [2.75, 3.05) is 20.1 Å². The average Bonchev–Trinajstić information content (AvgIpc) is 2.46. The number of piperidine rings is 1. The third-order valence-corrected chi connectivity index (χ3v) is 4.72. The fraction of sp³-hybridized carbons (Fsp3) is 0.923. The summed E-state index contributed by atoms with van der Waals surface area (Å²) in [7, 11) is 2.15. The highest BCUT2D eigenvalue weighted by atomic mass is 16.5. The van der Waals surface area contributed by atoms with Gasteiger partial charge < -0.3 is 9.64 Å². The summed E-state index contributed by atoms with van der Waals surface area (Å²) in [4.78, 5) is 14.1. The molecule has 0 bridgehead atoms. The summed E-state index contributed by atoms with van der Waals surface area (Å²) < 4.78 is 6.17. The summed E-state index contributed by atoms with van der Waals surface area (Å²) in [6.45, 7) is 7.98. The quantitative estimate of drug-likeness (QED) is 0.682. The van der Waals surface area contributed by atoms with E-state index in [2.05, 4.69) is 25.8 Å². The van der Waals surface area contributed by atoms with Crippen LogP contribution >= 0.6 is 0 Å². The van der Waals surface area contributed by atoms with Crippen molar-refractivity contribution in [3.05, 3.63) is 0 Å². The fourth-order valence-electron chi connectivity index (χ4n) is 3.09. The zero-order chi connectivity index (χ0) is 12.0. The number of carbonyl (C=O) groups excluding carboxylic acids is 1. The number of rotatable bonds is 1. The first-order valence-corrected chi connectivity index (χ1v) is 6.25. The molecule has 92 valence electrons. The minimum Gasteiger partial charge on any atom is -0.371 e. The van der Waals surface area contributed by atoms with Gasteiger partial charge in [-0.05, 0) is 40.2 Å². The molecule has 2 heterocycles. The van der Waals surface area contributed by atoms with Crippen LogP contribution in [-0.4, -0.2) is 42.5 Å². The Hall–Kier alpha value is -0.410. The molecule has 2 aliphatic heterocycles. The smallest absolute Gasteiger partial charge is 0.138 e. The van der Waals surface area contributed by atoms with Crippen molar-refractivity contribution >= 4 is 5.78 Å². The average molecular weight is 225 g/mol. The van der Waals surface area contributed by atoms with Crippen LogP contribution in [0.5, 0.6) is 0 Å². The van der Waals surface area contributed by atoms with Crippen LogP contribution in [0.15, 0.2) is 0 Å². The van der Waals surface area contributed by atoms with Gasteiger partial charge in [-0.2, -0.15) is 0 Å². The number of ketones is 1. The van der Waals surface area contributed by atoms with Gasteiger partial charge in [0.1, 0.15) is 5.78 Å². The third-order valence-electron chi connectivity index (χ3n) is 4.72. The first-order chi connectivity index (χ1) is 7.38. The Morgan fingerprint density at radius 2 is 1.94 bits per heavy atom. The monoisotopic (exact) mass is 225 g/mol. The zero-order valence-electron chi connectivity index (χ0n) is 10.9. The van der Waals surface area contributed by atoms with Gasteiger partial charge in [0.2, 0.25) is 0 Å². The van der Waals surface area contributed by atoms with Crippen LogP contribution in [0.2, 0.25) is 0 Å². The number of hydrogen-bond donors (Lipinski definition) is 0. The van der Waals surface area contributed by atoms with Gasteiger partial charge in [-0.1, -0.05) is 6.92 Å². The lowest BCUT2D eigenvalue weighted by atomic mass is 9.73. The Balaban J connectivity index is 2.14. The molecule has 2 aliphatic rings. The molecule has 0 saturated carbocycles. The Morgan fingerprint density at radius 1 is 1.38 bits per heavy atom. The van der Waals surface area contributed by atoms with Crippen LogP contribution in [0, 0.1) is 5.41 Å². The number of hydrogen-bond acceptors (Lipinski definition) is 3. The third kappa shape index (κ3) is 1.80. The number of likely N-dealkylation sites (tertiary alicyclic amines) is 1. The Bertz CT molecular complexity index is 294. The zero-order valence-corrected chi connectivity index (χ0v) is 10.9. The fourth-order valence-corrected chi connectivity index (χ4v) is 3.09. The predicted molar refractivity (Wildman–Crippen MR) is 63.4 cm³/mol. The van der Waals surface area contributed by atoms with Gasteiger partial charge >= 0.3 is 0 Å². The number of ether oxygens (including phenoxy) is 1. The molecular weight excluding hydrogens is 202 g/mol. The van der Waals surface area contributed by atoms with Crippen molar-refractivity contribution in [2.24, 2.45) is 5.41 Å². The molecule has 2 fully saturated rings. The topological polar surface area (TPSA) is 29.5 Å². The van der Waals surface area contributed by atoms with E-state index in [9.17, 15) is 4.79 Å². The summed E-state index contributed by atoms with van der Waals surface area (Å²) in [5.41, 5.74) is -0.289. The normalized spacial score (nSPS) is 39.1. The summed E-state index contributed by atoms with van der Waals surface area (Å²) in [6, 6.07) is 0. The van der Waals surface area contributed by atoms with Crippen molar-refractivity contribution in [3.8, 4) is 0 Å². The molecule has 2 unspecified atom stereocenters. The Labute approximate surface area is 98.1 Å². The summed E-state index contributed by atoms with van der Waals surface area (Å²) >= 11 is 0. The van der Waals surface area contributed by atoms with Crippen LogP contribution < -0.4 is 0 Å². The molecule has 0 aromatic rings. The van der Waals surface area contributed by atoms with Gasteiger partial charge in [-0.15, -0.1) is 0 Å². The maximum atomic E-state index is 11.8. The van der Waals surface area contributed by atoms with E-state index in [0.29, 0.717) is 0 Å². The summed E-state index contributed by atoms with van der Waals surface area (Å²) in [5, 5.41) is 0. The van der Waals surface area contributed by atoms with Gasteiger partial charge in [-0.3, -0.25) is 4.79 Å². The van der Waals surface area contributed by atoms with E-state index in [1.165, 1.54) is 0 Å². The first-order valence-electron chi connectivity index (χ1n) is 6.25. The summed E-state index contributed by atoms with van der Waals surface area (Å²) in [6.07, 6.45) is 3.10. The second-order valence-corrected chi connectivity index (χ2v) is 5.90. The maximum absolute atomic E-state index is 11.8. The number of nitrogens with zero attached hydrogens (tertiary/aromatic N) is 1. The van der Waals surface area contributed by atoms with Crippen molar-refractivity contribution in [1.82, 2.24) is 4.90 Å². The van der Waals surface area contributed by atoms with Crippen LogP contribution in [0.1, 0.15) is 40.0 Å². The lowest BCUT2D eigenvalue weighted by Crippen LogP contribution is -2.43. The van der Waals surface area contributed by atoms with Gasteiger partial charge in [0.25, 0.3) is 0 Å². The Kier molecular flexibility index (Phi) is 2.87. The molecule has 2 saturated heterocycles. The highest BCUT2D eigenvalue weighted by Crippen LogP contribution is 2.49. The molecule has 0 N–H and O–H groups in total. The van der Waals surface area contributed by atoms with Crippen LogP contribution in [0.4, 0.5) is 0 Å². The van der Waals surface area contributed by atoms with E-state index >= 15 is 0 Å². The minimum atomic E-state index is -0.268. The highest BCUT2D eigenvalue weighted by molar-refractivity contribution is 5.83. The molecule has 0 aromatic heterocycles. The second kappa shape index (κ2) is 3.81. The molecule has 16 heavy (non-hydrogen) atoms. The first kappa shape index (κ1) is 12.1. The molecule has 0 aliphatic carbocycles. The van der Waals surface area contributed by atoms with Crippen molar-refractivity contribution in [1.29, 1.82) is 0 Å². The van der Waals surface area contributed by atoms with Gasteiger partial charge in [0.15, 0.2) is 0 Å². The second-order valence-electron chi connectivity index (χ2n) is 5.90. The van der Waals surface area contributed by atoms with Crippen LogP contribution in [0.25, 0.3) is 0 Å². The van der Waals surface area contributed by atoms with Gasteiger partial charge in [0, 0.05) is 13.1 Å². The number of carbonyl (C=O) groups is 1. The standard InChI is InChI=1S/C13H23NO2/c1-10(15)12(3)9-13(16-11(12)2)5-7-14(4)8-6-13/h11H,5-9H2,1-4H3. The van der Waals surface area contributed by atoms with Crippen molar-refractivity contribution in [2.45, 2.75) is 51.7 Å². The molecule has 3 heteroatoms. The molecule has 0 aromatic carbocycles. The van der Waals surface area contributed by atoms with Crippen molar-refractivity contribution < 1.29 is 9.53 Å². The van der Waals surface area contributed by atoms with E-state index in [4.69, 9.17) is 4.74 Å². The van der Waals surface area contributed by atoms with E-state index in [0.717, 1.165) is 32.4 Å². The largest absolute Gasteiger partial charge is 0.371 e. The van der Waals surface area contributed by atoms with Crippen LogP contribution in [0.3, 0.4) is 0 Å². The molecule has 2 rings (SSSR count). The van der Waals surface area contributed by atoms with Crippen LogP contribution in [-0.2, 0) is 9.53 Å². The predicted octanol–water partition coefficient (Wildman–Crippen LogP) is 1.85. The summed E-state index contributed by atoms with van der Waals surface area (Å²) in [5.74, 6) is 0.274. The van der Waals surface area contributed by atoms with E-state index in [1.807, 2.05) is 0 Å². The molecular formula is C13H23NO2. The van der Waals surface area contributed by atoms with Gasteiger partial charge in [-0.25, -0.2) is 0 Å². The highest BCUT2D eigenvalue weighted by Gasteiger charge is 2.54. The lowest BCUT2D eigenvalue weighted by Gasteiger charge is -2.37. The van der Waals surface area contributed by atoms with E-state index < -0.39 is 0 Å². The maximum Gasteiger partial charge on any atom is 0.138 e. The number of Topliss-reactive ketones (excluding diaryl/α,β-unsaturated/α-hetero) is 1. The van der Waals surface area contributed by atoms with Gasteiger partial charge in [0.05, 0.1) is 17.1 Å².